The van der Waals surface area contributed by atoms with Crippen molar-refractivity contribution in [1.29, 1.82) is 0 Å². The molecule has 4 saturated carbocycles. The highest BCUT2D eigenvalue weighted by Crippen LogP contribution is 2.57. The van der Waals surface area contributed by atoms with Gasteiger partial charge in [-0.15, -0.1) is 0 Å². The molecule has 3 nitrogen and oxygen atoms in total. The largest absolute Gasteiger partial charge is 0.444 e. The van der Waals surface area contributed by atoms with Crippen LogP contribution in [0.3, 0.4) is 0 Å². The number of esters is 1. The van der Waals surface area contributed by atoms with Crippen LogP contribution >= 0.6 is 0 Å². The Kier molecular flexibility index (Phi) is 1.91. The van der Waals surface area contributed by atoms with Crippen molar-refractivity contribution in [2.24, 2.45) is 29.4 Å². The monoisotopic (exact) mass is 209 g/mol. The van der Waals surface area contributed by atoms with Crippen LogP contribution in [0.2, 0.25) is 0 Å². The van der Waals surface area contributed by atoms with Gasteiger partial charge in [-0.05, 0) is 43.9 Å². The van der Waals surface area contributed by atoms with Crippen LogP contribution in [-0.4, -0.2) is 11.7 Å². The lowest BCUT2D eigenvalue weighted by molar-refractivity contribution is -0.205. The predicted octanol–water partition coefficient (Wildman–Crippen LogP) is 1.66. The molecule has 0 atom stereocenters. The van der Waals surface area contributed by atoms with Gasteiger partial charge in [0, 0.05) is 18.8 Å². The van der Waals surface area contributed by atoms with Crippen molar-refractivity contribution in [3.05, 3.63) is 0 Å². The van der Waals surface area contributed by atoms with Gasteiger partial charge in [-0.3, -0.25) is 10.5 Å². The average Bonchev–Trinajstić information content (AvgIpc) is 2.12. The normalized spacial score (nSPS) is 51.9. The fourth-order valence-corrected chi connectivity index (χ4v) is 4.34. The van der Waals surface area contributed by atoms with Crippen LogP contribution < -0.4 is 5.73 Å². The molecule has 0 aromatic heterocycles. The number of rotatable bonds is 1. The molecule has 0 heterocycles. The predicted molar refractivity (Wildman–Crippen MR) is 55.7 cm³/mol. The van der Waals surface area contributed by atoms with Crippen LogP contribution in [0.25, 0.3) is 0 Å². The third-order valence-corrected chi connectivity index (χ3v) is 4.73. The van der Waals surface area contributed by atoms with Crippen molar-refractivity contribution in [3.63, 3.8) is 0 Å². The summed E-state index contributed by atoms with van der Waals surface area (Å²) in [5, 5.41) is 0. The number of hydrogen-bond donors (Lipinski definition) is 1. The standard InChI is InChI=1S/C12H19NO2/c1-7(14)15-12(13)10-3-8-2-9(5-10)6-11(12)4-8/h8-11H,2-6,13H2,1H3. The number of carbonyl (C=O) groups excluding carboxylic acids is 1. The van der Waals surface area contributed by atoms with Gasteiger partial charge in [-0.2, -0.15) is 0 Å². The molecule has 2 N–H and O–H groups in total. The van der Waals surface area contributed by atoms with Gasteiger partial charge in [0.1, 0.15) is 0 Å². The molecule has 84 valence electrons. The van der Waals surface area contributed by atoms with Crippen molar-refractivity contribution in [2.45, 2.75) is 44.8 Å². The molecule has 0 radical (unpaired) electrons. The van der Waals surface area contributed by atoms with Crippen LogP contribution in [0.1, 0.15) is 39.0 Å². The van der Waals surface area contributed by atoms with E-state index in [1.165, 1.54) is 39.0 Å². The minimum atomic E-state index is -0.626. The van der Waals surface area contributed by atoms with E-state index in [0.717, 1.165) is 11.8 Å². The number of hydrogen-bond acceptors (Lipinski definition) is 3. The van der Waals surface area contributed by atoms with E-state index in [1.54, 1.807) is 0 Å². The van der Waals surface area contributed by atoms with Crippen LogP contribution in [0, 0.1) is 23.7 Å². The Labute approximate surface area is 90.4 Å². The molecule has 3 heteroatoms. The van der Waals surface area contributed by atoms with Crippen molar-refractivity contribution < 1.29 is 9.53 Å². The van der Waals surface area contributed by atoms with E-state index in [0.29, 0.717) is 11.8 Å². The SMILES string of the molecule is CC(=O)OC1(N)C2CC3CC(C2)CC1C3. The number of nitrogens with two attached hydrogens (primary N) is 1. The first-order chi connectivity index (χ1) is 7.08. The summed E-state index contributed by atoms with van der Waals surface area (Å²) in [5.74, 6) is 2.36. The highest BCUT2D eigenvalue weighted by atomic mass is 16.6. The van der Waals surface area contributed by atoms with Crippen molar-refractivity contribution in [1.82, 2.24) is 0 Å². The molecule has 4 aliphatic rings. The molecule has 4 rings (SSSR count). The van der Waals surface area contributed by atoms with E-state index in [2.05, 4.69) is 0 Å². The third-order valence-electron chi connectivity index (χ3n) is 4.73. The van der Waals surface area contributed by atoms with Gasteiger partial charge in [0.2, 0.25) is 0 Å². The van der Waals surface area contributed by atoms with Gasteiger partial charge in [-0.25, -0.2) is 0 Å². The Morgan fingerprint density at radius 2 is 1.60 bits per heavy atom. The van der Waals surface area contributed by atoms with Gasteiger partial charge < -0.3 is 4.74 Å². The second-order valence-corrected chi connectivity index (χ2v) is 5.75. The highest BCUT2D eigenvalue weighted by molar-refractivity contribution is 5.66. The summed E-state index contributed by atoms with van der Waals surface area (Å²) in [7, 11) is 0. The van der Waals surface area contributed by atoms with Gasteiger partial charge in [0.15, 0.2) is 5.72 Å². The van der Waals surface area contributed by atoms with E-state index >= 15 is 0 Å². The van der Waals surface area contributed by atoms with Crippen molar-refractivity contribution >= 4 is 5.97 Å². The molecule has 0 aromatic carbocycles. The van der Waals surface area contributed by atoms with E-state index < -0.39 is 5.72 Å². The van der Waals surface area contributed by atoms with Gasteiger partial charge in [0.05, 0.1) is 0 Å². The summed E-state index contributed by atoms with van der Waals surface area (Å²) >= 11 is 0. The molecule has 0 amide bonds. The Morgan fingerprint density at radius 3 is 2.00 bits per heavy atom. The van der Waals surface area contributed by atoms with Crippen molar-refractivity contribution in [3.8, 4) is 0 Å². The van der Waals surface area contributed by atoms with Gasteiger partial charge in [-0.1, -0.05) is 0 Å². The fraction of sp³-hybridized carbons (Fsp3) is 0.917. The maximum atomic E-state index is 11.1. The fourth-order valence-electron chi connectivity index (χ4n) is 4.34. The first-order valence-corrected chi connectivity index (χ1v) is 6.06. The molecule has 4 fully saturated rings. The van der Waals surface area contributed by atoms with Crippen LogP contribution in [-0.2, 0) is 9.53 Å². The topological polar surface area (TPSA) is 52.3 Å². The van der Waals surface area contributed by atoms with Crippen LogP contribution in [0.4, 0.5) is 0 Å². The van der Waals surface area contributed by atoms with E-state index in [-0.39, 0.29) is 5.97 Å². The average molecular weight is 209 g/mol. The molecule has 4 aliphatic carbocycles. The Balaban J connectivity index is 1.87. The molecule has 15 heavy (non-hydrogen) atoms. The van der Waals surface area contributed by atoms with Gasteiger partial charge in [0.25, 0.3) is 0 Å². The maximum absolute atomic E-state index is 11.1. The lowest BCUT2D eigenvalue weighted by Crippen LogP contribution is -2.64. The lowest BCUT2D eigenvalue weighted by Gasteiger charge is -2.58. The summed E-state index contributed by atoms with van der Waals surface area (Å²) in [6.45, 7) is 1.47. The van der Waals surface area contributed by atoms with Crippen molar-refractivity contribution in [2.75, 3.05) is 0 Å². The zero-order valence-corrected chi connectivity index (χ0v) is 9.24. The van der Waals surface area contributed by atoms with Crippen LogP contribution in [0.15, 0.2) is 0 Å². The molecular weight excluding hydrogens is 190 g/mol. The summed E-state index contributed by atoms with van der Waals surface area (Å²) < 4.78 is 5.45. The highest BCUT2D eigenvalue weighted by Gasteiger charge is 2.57. The van der Waals surface area contributed by atoms with E-state index in [4.69, 9.17) is 10.5 Å². The van der Waals surface area contributed by atoms with Gasteiger partial charge >= 0.3 is 5.97 Å². The van der Waals surface area contributed by atoms with E-state index in [9.17, 15) is 4.79 Å². The number of ether oxygens (including phenoxy) is 1. The smallest absolute Gasteiger partial charge is 0.304 e. The molecule has 4 bridgehead atoms. The lowest BCUT2D eigenvalue weighted by atomic mass is 9.52. The van der Waals surface area contributed by atoms with E-state index in [1.807, 2.05) is 0 Å². The quantitative estimate of drug-likeness (QED) is 0.528. The summed E-state index contributed by atoms with van der Waals surface area (Å²) in [6.07, 6.45) is 6.10. The minimum Gasteiger partial charge on any atom is -0.444 e. The Morgan fingerprint density at radius 1 is 1.13 bits per heavy atom. The molecule has 0 saturated heterocycles. The zero-order valence-electron chi connectivity index (χ0n) is 9.24. The molecule has 0 unspecified atom stereocenters. The first kappa shape index (κ1) is 9.64. The minimum absolute atomic E-state index is 0.218. The molecule has 0 aliphatic heterocycles. The Bertz CT molecular complexity index is 272. The first-order valence-electron chi connectivity index (χ1n) is 6.06. The third kappa shape index (κ3) is 1.32. The zero-order chi connectivity index (χ0) is 10.6. The van der Waals surface area contributed by atoms with Crippen LogP contribution in [0.5, 0.6) is 0 Å². The summed E-state index contributed by atoms with van der Waals surface area (Å²) in [4.78, 5) is 11.1. The summed E-state index contributed by atoms with van der Waals surface area (Å²) in [6, 6.07) is 0. The number of carbonyl (C=O) groups is 1. The molecule has 0 aromatic rings. The maximum Gasteiger partial charge on any atom is 0.304 e. The second-order valence-electron chi connectivity index (χ2n) is 5.75. The second kappa shape index (κ2) is 2.97. The molecular formula is C12H19NO2. The summed E-state index contributed by atoms with van der Waals surface area (Å²) in [5.41, 5.74) is 5.72. The Hall–Kier alpha value is -0.570. The molecule has 0 spiro atoms.